The minimum atomic E-state index is 0.931. The second-order valence-corrected chi connectivity index (χ2v) is 5.49. The maximum atomic E-state index is 5.21. The maximum Gasteiger partial charge on any atom is 0.118 e. The van der Waals surface area contributed by atoms with E-state index in [1.165, 1.54) is 56.9 Å². The summed E-state index contributed by atoms with van der Waals surface area (Å²) in [4.78, 5) is 0. The molecule has 0 N–H and O–H groups in total. The third kappa shape index (κ3) is 6.79. The number of rotatable bonds is 10. The van der Waals surface area contributed by atoms with Crippen LogP contribution in [0.5, 0.6) is 5.75 Å². The van der Waals surface area contributed by atoms with E-state index in [4.69, 9.17) is 4.74 Å². The van der Waals surface area contributed by atoms with Gasteiger partial charge in [0.2, 0.25) is 0 Å². The standard InChI is InChI=1S/C19H30O/c1-4-6-8-10-17(11-9-7-5-2)16-18-12-14-19(20-3)15-13-18/h12-16H,4-11H2,1-3H3. The lowest BCUT2D eigenvalue weighted by Crippen LogP contribution is -1.88. The summed E-state index contributed by atoms with van der Waals surface area (Å²) in [5.74, 6) is 0.931. The van der Waals surface area contributed by atoms with Crippen molar-refractivity contribution in [2.75, 3.05) is 7.11 Å². The molecule has 0 saturated carbocycles. The third-order valence-corrected chi connectivity index (χ3v) is 3.69. The molecule has 20 heavy (non-hydrogen) atoms. The van der Waals surface area contributed by atoms with Gasteiger partial charge in [-0.3, -0.25) is 0 Å². The van der Waals surface area contributed by atoms with Crippen molar-refractivity contribution in [3.05, 3.63) is 35.4 Å². The Morgan fingerprint density at radius 3 is 1.90 bits per heavy atom. The topological polar surface area (TPSA) is 9.23 Å². The van der Waals surface area contributed by atoms with Gasteiger partial charge in [-0.05, 0) is 43.4 Å². The Morgan fingerprint density at radius 2 is 1.45 bits per heavy atom. The van der Waals surface area contributed by atoms with Crippen LogP contribution in [0.3, 0.4) is 0 Å². The molecule has 0 spiro atoms. The fraction of sp³-hybridized carbons (Fsp3) is 0.579. The van der Waals surface area contributed by atoms with Gasteiger partial charge in [0.05, 0.1) is 7.11 Å². The van der Waals surface area contributed by atoms with E-state index in [0.717, 1.165) is 5.75 Å². The SMILES string of the molecule is CCCCCC(=Cc1ccc(OC)cc1)CCCCC. The molecule has 112 valence electrons. The predicted molar refractivity (Wildman–Crippen MR) is 89.3 cm³/mol. The van der Waals surface area contributed by atoms with E-state index >= 15 is 0 Å². The zero-order valence-electron chi connectivity index (χ0n) is 13.5. The normalized spacial score (nSPS) is 10.3. The molecular weight excluding hydrogens is 244 g/mol. The molecule has 1 rings (SSSR count). The van der Waals surface area contributed by atoms with Gasteiger partial charge in [-0.1, -0.05) is 63.3 Å². The first kappa shape index (κ1) is 16.8. The van der Waals surface area contributed by atoms with Gasteiger partial charge in [0.25, 0.3) is 0 Å². The molecule has 1 aromatic rings. The Hall–Kier alpha value is -1.24. The average Bonchev–Trinajstić information content (AvgIpc) is 2.48. The molecule has 1 aromatic carbocycles. The van der Waals surface area contributed by atoms with Gasteiger partial charge in [-0.15, -0.1) is 0 Å². The predicted octanol–water partition coefficient (Wildman–Crippen LogP) is 6.24. The molecule has 1 heteroatoms. The second-order valence-electron chi connectivity index (χ2n) is 5.49. The Bertz CT molecular complexity index is 363. The van der Waals surface area contributed by atoms with Crippen LogP contribution in [0.2, 0.25) is 0 Å². The zero-order valence-corrected chi connectivity index (χ0v) is 13.5. The van der Waals surface area contributed by atoms with Crippen LogP contribution in [0.1, 0.15) is 70.8 Å². The maximum absolute atomic E-state index is 5.21. The highest BCUT2D eigenvalue weighted by Gasteiger charge is 2.00. The van der Waals surface area contributed by atoms with Crippen LogP contribution >= 0.6 is 0 Å². The molecule has 0 amide bonds. The molecule has 0 aliphatic heterocycles. The summed E-state index contributed by atoms with van der Waals surface area (Å²) in [6.07, 6.45) is 12.8. The summed E-state index contributed by atoms with van der Waals surface area (Å²) in [6.45, 7) is 4.54. The van der Waals surface area contributed by atoms with Crippen molar-refractivity contribution in [3.63, 3.8) is 0 Å². The van der Waals surface area contributed by atoms with E-state index in [-0.39, 0.29) is 0 Å². The number of hydrogen-bond acceptors (Lipinski definition) is 1. The summed E-state index contributed by atoms with van der Waals surface area (Å²) in [6, 6.07) is 8.39. The van der Waals surface area contributed by atoms with Crippen molar-refractivity contribution in [3.8, 4) is 5.75 Å². The quantitative estimate of drug-likeness (QED) is 0.459. The second kappa shape index (κ2) is 10.5. The van der Waals surface area contributed by atoms with E-state index in [2.05, 4.69) is 32.1 Å². The fourth-order valence-electron chi connectivity index (χ4n) is 2.41. The Morgan fingerprint density at radius 1 is 0.900 bits per heavy atom. The highest BCUT2D eigenvalue weighted by Crippen LogP contribution is 2.21. The van der Waals surface area contributed by atoms with Gasteiger partial charge in [0, 0.05) is 0 Å². The van der Waals surface area contributed by atoms with Crippen LogP contribution in [0, 0.1) is 0 Å². The summed E-state index contributed by atoms with van der Waals surface area (Å²) >= 11 is 0. The van der Waals surface area contributed by atoms with Crippen LogP contribution in [0.25, 0.3) is 6.08 Å². The van der Waals surface area contributed by atoms with Crippen molar-refractivity contribution in [1.29, 1.82) is 0 Å². The van der Waals surface area contributed by atoms with Crippen molar-refractivity contribution in [2.24, 2.45) is 0 Å². The molecule has 1 nitrogen and oxygen atoms in total. The first-order valence-electron chi connectivity index (χ1n) is 8.13. The summed E-state index contributed by atoms with van der Waals surface area (Å²) in [7, 11) is 1.71. The van der Waals surface area contributed by atoms with Crippen LogP contribution in [-0.2, 0) is 0 Å². The number of unbranched alkanes of at least 4 members (excludes halogenated alkanes) is 4. The number of hydrogen-bond donors (Lipinski definition) is 0. The Kier molecular flexibility index (Phi) is 8.86. The molecule has 0 aliphatic carbocycles. The fourth-order valence-corrected chi connectivity index (χ4v) is 2.41. The van der Waals surface area contributed by atoms with Gasteiger partial charge in [0.15, 0.2) is 0 Å². The summed E-state index contributed by atoms with van der Waals surface area (Å²) in [5, 5.41) is 0. The number of allylic oxidation sites excluding steroid dienone is 1. The third-order valence-electron chi connectivity index (χ3n) is 3.69. The van der Waals surface area contributed by atoms with E-state index in [1.807, 2.05) is 12.1 Å². The highest BCUT2D eigenvalue weighted by molar-refractivity contribution is 5.53. The van der Waals surface area contributed by atoms with E-state index in [1.54, 1.807) is 12.7 Å². The smallest absolute Gasteiger partial charge is 0.118 e. The zero-order chi connectivity index (χ0) is 14.6. The molecule has 0 bridgehead atoms. The lowest BCUT2D eigenvalue weighted by molar-refractivity contribution is 0.415. The Balaban J connectivity index is 2.64. The van der Waals surface area contributed by atoms with Crippen LogP contribution in [-0.4, -0.2) is 7.11 Å². The average molecular weight is 274 g/mol. The molecular formula is C19H30O. The monoisotopic (exact) mass is 274 g/mol. The van der Waals surface area contributed by atoms with Gasteiger partial charge in [-0.2, -0.15) is 0 Å². The van der Waals surface area contributed by atoms with Crippen molar-refractivity contribution in [1.82, 2.24) is 0 Å². The number of ether oxygens (including phenoxy) is 1. The summed E-state index contributed by atoms with van der Waals surface area (Å²) in [5.41, 5.74) is 2.91. The molecule has 0 fully saturated rings. The highest BCUT2D eigenvalue weighted by atomic mass is 16.5. The molecule has 0 aliphatic rings. The van der Waals surface area contributed by atoms with Gasteiger partial charge < -0.3 is 4.74 Å². The van der Waals surface area contributed by atoms with Crippen molar-refractivity contribution < 1.29 is 4.74 Å². The largest absolute Gasteiger partial charge is 0.497 e. The van der Waals surface area contributed by atoms with Gasteiger partial charge in [0.1, 0.15) is 5.75 Å². The lowest BCUT2D eigenvalue weighted by Gasteiger charge is -2.08. The number of benzene rings is 1. The van der Waals surface area contributed by atoms with Crippen LogP contribution < -0.4 is 4.74 Å². The minimum absolute atomic E-state index is 0.931. The van der Waals surface area contributed by atoms with Crippen LogP contribution in [0.4, 0.5) is 0 Å². The molecule has 0 unspecified atom stereocenters. The molecule has 0 radical (unpaired) electrons. The molecule has 0 aromatic heterocycles. The van der Waals surface area contributed by atoms with E-state index < -0.39 is 0 Å². The molecule has 0 atom stereocenters. The van der Waals surface area contributed by atoms with Gasteiger partial charge in [-0.25, -0.2) is 0 Å². The van der Waals surface area contributed by atoms with E-state index in [0.29, 0.717) is 0 Å². The molecule has 0 saturated heterocycles. The van der Waals surface area contributed by atoms with Crippen molar-refractivity contribution in [2.45, 2.75) is 65.2 Å². The molecule has 0 heterocycles. The first-order chi connectivity index (χ1) is 9.80. The first-order valence-corrected chi connectivity index (χ1v) is 8.13. The van der Waals surface area contributed by atoms with Crippen LogP contribution in [0.15, 0.2) is 29.8 Å². The van der Waals surface area contributed by atoms with Crippen molar-refractivity contribution >= 4 is 6.08 Å². The van der Waals surface area contributed by atoms with E-state index in [9.17, 15) is 0 Å². The summed E-state index contributed by atoms with van der Waals surface area (Å²) < 4.78 is 5.21. The van der Waals surface area contributed by atoms with Gasteiger partial charge >= 0.3 is 0 Å². The lowest BCUT2D eigenvalue weighted by atomic mass is 9.99. The minimum Gasteiger partial charge on any atom is -0.497 e. The number of methoxy groups -OCH3 is 1. The Labute approximate surface area is 125 Å².